The molecule has 2 aromatic rings. The van der Waals surface area contributed by atoms with Crippen LogP contribution >= 0.6 is 0 Å². The summed E-state index contributed by atoms with van der Waals surface area (Å²) < 4.78 is 69.4. The molecule has 1 aromatic heterocycles. The lowest BCUT2D eigenvalue weighted by atomic mass is 10.0. The molecule has 0 radical (unpaired) electrons. The third-order valence-electron chi connectivity index (χ3n) is 3.93. The number of hydrogen-bond donors (Lipinski definition) is 1. The number of halogens is 1. The maximum absolute atomic E-state index is 13.3. The van der Waals surface area contributed by atoms with E-state index in [1.165, 1.54) is 6.92 Å². The Morgan fingerprint density at radius 3 is 2.38 bits per heavy atom. The minimum atomic E-state index is -4.03. The number of rotatable bonds is 7. The highest BCUT2D eigenvalue weighted by molar-refractivity contribution is 7.90. The number of benzene rings is 1. The molecule has 144 valence electrons. The first kappa shape index (κ1) is 20.5. The first-order chi connectivity index (χ1) is 12.0. The molecule has 8 nitrogen and oxygen atoms in total. The number of aromatic nitrogens is 2. The summed E-state index contributed by atoms with van der Waals surface area (Å²) in [5.41, 5.74) is 0.239. The van der Waals surface area contributed by atoms with Crippen molar-refractivity contribution in [3.63, 3.8) is 0 Å². The van der Waals surface area contributed by atoms with Crippen LogP contribution in [-0.2, 0) is 19.9 Å². The van der Waals surface area contributed by atoms with Crippen molar-refractivity contribution in [1.82, 2.24) is 14.9 Å². The van der Waals surface area contributed by atoms with Crippen LogP contribution in [0, 0.1) is 18.7 Å². The summed E-state index contributed by atoms with van der Waals surface area (Å²) in [6.07, 6.45) is 1.47. The predicted molar refractivity (Wildman–Crippen MR) is 91.1 cm³/mol. The van der Waals surface area contributed by atoms with E-state index in [9.17, 15) is 21.2 Å². The lowest BCUT2D eigenvalue weighted by Gasteiger charge is -2.21. The van der Waals surface area contributed by atoms with E-state index >= 15 is 0 Å². The van der Waals surface area contributed by atoms with Crippen LogP contribution in [0.5, 0.6) is 0 Å². The molecular formula is C15H20FN3O5S2. The van der Waals surface area contributed by atoms with Gasteiger partial charge in [-0.25, -0.2) is 21.2 Å². The monoisotopic (exact) mass is 405 g/mol. The zero-order valence-corrected chi connectivity index (χ0v) is 16.4. The van der Waals surface area contributed by atoms with Gasteiger partial charge < -0.3 is 4.42 Å². The fourth-order valence-electron chi connectivity index (χ4n) is 2.29. The van der Waals surface area contributed by atoms with Gasteiger partial charge in [-0.1, -0.05) is 25.4 Å². The van der Waals surface area contributed by atoms with E-state index in [1.807, 2.05) is 6.92 Å². The molecular weight excluding hydrogens is 385 g/mol. The Bertz CT molecular complexity index is 1000. The standard InChI is InChI=1S/C15H20FN3O5S2/c1-5-9(2)13(14-17-18-15(24-14)25(4,20)21)19-26(22,23)12-7-6-11(16)8-10(12)3/h6-9,13,19H,5H2,1-4H3/t9-,13+/m1/s1. The number of sulfone groups is 1. The summed E-state index contributed by atoms with van der Waals surface area (Å²) in [5, 5.41) is 6.57. The Kier molecular flexibility index (Phi) is 5.83. The predicted octanol–water partition coefficient (Wildman–Crippen LogP) is 1.99. The Labute approximate surface area is 151 Å². The first-order valence-corrected chi connectivity index (χ1v) is 11.1. The molecule has 0 fully saturated rings. The Morgan fingerprint density at radius 2 is 1.88 bits per heavy atom. The van der Waals surface area contributed by atoms with Crippen LogP contribution in [0.25, 0.3) is 0 Å². The van der Waals surface area contributed by atoms with Crippen molar-refractivity contribution < 1.29 is 25.6 Å². The normalized spacial score (nSPS) is 15.0. The van der Waals surface area contributed by atoms with Crippen LogP contribution < -0.4 is 4.72 Å². The van der Waals surface area contributed by atoms with Gasteiger partial charge >= 0.3 is 5.22 Å². The summed E-state index contributed by atoms with van der Waals surface area (Å²) in [5.74, 6) is -0.962. The van der Waals surface area contributed by atoms with E-state index in [-0.39, 0.29) is 22.3 Å². The second-order valence-corrected chi connectivity index (χ2v) is 9.65. The quantitative estimate of drug-likeness (QED) is 0.748. The topological polar surface area (TPSA) is 119 Å². The van der Waals surface area contributed by atoms with Crippen molar-refractivity contribution in [2.75, 3.05) is 6.26 Å². The molecule has 2 atom stereocenters. The van der Waals surface area contributed by atoms with Gasteiger partial charge in [0.25, 0.3) is 0 Å². The van der Waals surface area contributed by atoms with E-state index in [1.54, 1.807) is 6.92 Å². The highest BCUT2D eigenvalue weighted by Crippen LogP contribution is 2.27. The fourth-order valence-corrected chi connectivity index (χ4v) is 4.24. The van der Waals surface area contributed by atoms with E-state index in [0.717, 1.165) is 24.5 Å². The summed E-state index contributed by atoms with van der Waals surface area (Å²) in [7, 11) is -7.74. The maximum atomic E-state index is 13.3. The van der Waals surface area contributed by atoms with Gasteiger partial charge in [-0.15, -0.1) is 5.10 Å². The molecule has 0 aliphatic heterocycles. The van der Waals surface area contributed by atoms with Gasteiger partial charge in [-0.2, -0.15) is 4.72 Å². The number of sulfonamides is 1. The van der Waals surface area contributed by atoms with Crippen molar-refractivity contribution in [1.29, 1.82) is 0 Å². The second-order valence-electron chi connectivity index (χ2n) is 6.07. The molecule has 0 saturated carbocycles. The molecule has 11 heteroatoms. The first-order valence-electron chi connectivity index (χ1n) is 7.77. The number of aryl methyl sites for hydroxylation is 1. The van der Waals surface area contributed by atoms with Crippen LogP contribution in [-0.4, -0.2) is 33.3 Å². The average Bonchev–Trinajstić information content (AvgIpc) is 3.01. The molecule has 0 unspecified atom stereocenters. The molecule has 26 heavy (non-hydrogen) atoms. The molecule has 1 aromatic carbocycles. The maximum Gasteiger partial charge on any atom is 0.335 e. The van der Waals surface area contributed by atoms with Crippen molar-refractivity contribution in [3.8, 4) is 0 Å². The Hall–Kier alpha value is -1.85. The summed E-state index contributed by atoms with van der Waals surface area (Å²) in [6.45, 7) is 5.07. The van der Waals surface area contributed by atoms with Crippen molar-refractivity contribution in [2.24, 2.45) is 5.92 Å². The van der Waals surface area contributed by atoms with Gasteiger partial charge in [-0.3, -0.25) is 0 Å². The lowest BCUT2D eigenvalue weighted by Crippen LogP contribution is -2.33. The smallest absolute Gasteiger partial charge is 0.335 e. The van der Waals surface area contributed by atoms with Crippen molar-refractivity contribution >= 4 is 19.9 Å². The van der Waals surface area contributed by atoms with Gasteiger partial charge in [0.1, 0.15) is 11.9 Å². The van der Waals surface area contributed by atoms with Crippen LogP contribution in [0.15, 0.2) is 32.7 Å². The van der Waals surface area contributed by atoms with Gasteiger partial charge in [0, 0.05) is 6.26 Å². The summed E-state index contributed by atoms with van der Waals surface area (Å²) in [6, 6.07) is 2.39. The zero-order chi connectivity index (χ0) is 19.7. The molecule has 1 N–H and O–H groups in total. The Morgan fingerprint density at radius 1 is 1.23 bits per heavy atom. The number of nitrogens with one attached hydrogen (secondary N) is 1. The number of nitrogens with zero attached hydrogens (tertiary/aromatic N) is 2. The van der Waals surface area contributed by atoms with E-state index < -0.39 is 36.9 Å². The number of hydrogen-bond acceptors (Lipinski definition) is 7. The van der Waals surface area contributed by atoms with E-state index in [2.05, 4.69) is 14.9 Å². The highest BCUT2D eigenvalue weighted by atomic mass is 32.2. The molecule has 0 saturated heterocycles. The highest BCUT2D eigenvalue weighted by Gasteiger charge is 2.31. The minimum absolute atomic E-state index is 0.0879. The third-order valence-corrected chi connectivity index (χ3v) is 6.33. The lowest BCUT2D eigenvalue weighted by molar-refractivity contribution is 0.312. The van der Waals surface area contributed by atoms with Crippen LogP contribution in [0.3, 0.4) is 0 Å². The molecule has 0 bridgehead atoms. The largest absolute Gasteiger partial charge is 0.411 e. The van der Waals surface area contributed by atoms with Crippen LogP contribution in [0.2, 0.25) is 0 Å². The van der Waals surface area contributed by atoms with Crippen molar-refractivity contribution in [3.05, 3.63) is 35.5 Å². The summed E-state index contributed by atoms with van der Waals surface area (Å²) >= 11 is 0. The second kappa shape index (κ2) is 7.41. The minimum Gasteiger partial charge on any atom is -0.411 e. The van der Waals surface area contributed by atoms with Gasteiger partial charge in [-0.05, 0) is 36.6 Å². The van der Waals surface area contributed by atoms with Crippen molar-refractivity contribution in [2.45, 2.75) is 43.4 Å². The average molecular weight is 405 g/mol. The fraction of sp³-hybridized carbons (Fsp3) is 0.467. The van der Waals surface area contributed by atoms with Gasteiger partial charge in [0.05, 0.1) is 4.90 Å². The molecule has 0 amide bonds. The van der Waals surface area contributed by atoms with Gasteiger partial charge in [0.2, 0.25) is 25.8 Å². The zero-order valence-electron chi connectivity index (χ0n) is 14.7. The van der Waals surface area contributed by atoms with Crippen LogP contribution in [0.1, 0.15) is 37.8 Å². The SMILES string of the molecule is CC[C@@H](C)[C@H](NS(=O)(=O)c1ccc(F)cc1C)c1nnc(S(C)(=O)=O)o1. The molecule has 0 aliphatic carbocycles. The van der Waals surface area contributed by atoms with E-state index in [4.69, 9.17) is 4.42 Å². The van der Waals surface area contributed by atoms with Gasteiger partial charge in [0.15, 0.2) is 0 Å². The molecule has 0 spiro atoms. The van der Waals surface area contributed by atoms with E-state index in [0.29, 0.717) is 6.42 Å². The summed E-state index contributed by atoms with van der Waals surface area (Å²) in [4.78, 5) is -0.0879. The Balaban J connectivity index is 2.43. The molecule has 0 aliphatic rings. The van der Waals surface area contributed by atoms with Crippen LogP contribution in [0.4, 0.5) is 4.39 Å². The third kappa shape index (κ3) is 4.46. The molecule has 2 rings (SSSR count). The molecule has 1 heterocycles.